The van der Waals surface area contributed by atoms with Crippen LogP contribution in [0.4, 0.5) is 0 Å². The van der Waals surface area contributed by atoms with Crippen LogP contribution in [-0.4, -0.2) is 5.97 Å². The number of furan rings is 1. The van der Waals surface area contributed by atoms with Gasteiger partial charge in [0, 0.05) is 0 Å². The van der Waals surface area contributed by atoms with Crippen LogP contribution < -0.4 is 0 Å². The van der Waals surface area contributed by atoms with E-state index in [1.807, 2.05) is 6.08 Å². The number of carbonyl (C=O) groups excluding carboxylic acids is 1. The molecule has 0 aromatic carbocycles. The number of unbranched alkanes of at least 4 members (excludes halogenated alkanes) is 4. The minimum atomic E-state index is -0.449. The molecular formula is C13H18O3. The van der Waals surface area contributed by atoms with E-state index in [0.29, 0.717) is 0 Å². The van der Waals surface area contributed by atoms with Crippen LogP contribution in [-0.2, 0) is 4.74 Å². The molecule has 1 aromatic rings. The van der Waals surface area contributed by atoms with Crippen LogP contribution in [0.2, 0.25) is 0 Å². The molecule has 0 N–H and O–H groups in total. The zero-order valence-electron chi connectivity index (χ0n) is 9.65. The van der Waals surface area contributed by atoms with E-state index in [2.05, 4.69) is 6.92 Å². The third-order valence-electron chi connectivity index (χ3n) is 2.22. The molecule has 1 aromatic heterocycles. The molecule has 0 aliphatic rings. The fraction of sp³-hybridized carbons (Fsp3) is 0.462. The second kappa shape index (κ2) is 7.74. The fourth-order valence-corrected chi connectivity index (χ4v) is 1.32. The zero-order valence-corrected chi connectivity index (χ0v) is 9.65. The van der Waals surface area contributed by atoms with Crippen molar-refractivity contribution >= 4 is 5.97 Å². The van der Waals surface area contributed by atoms with E-state index in [1.165, 1.54) is 31.8 Å². The van der Waals surface area contributed by atoms with Crippen LogP contribution in [0, 0.1) is 0 Å². The summed E-state index contributed by atoms with van der Waals surface area (Å²) in [7, 11) is 0. The first-order valence-electron chi connectivity index (χ1n) is 5.74. The lowest BCUT2D eigenvalue weighted by Gasteiger charge is -1.95. The van der Waals surface area contributed by atoms with E-state index < -0.39 is 5.97 Å². The summed E-state index contributed by atoms with van der Waals surface area (Å²) in [6.07, 6.45) is 10.6. The molecule has 0 saturated heterocycles. The molecule has 0 amide bonds. The molecule has 0 atom stereocenters. The Bertz CT molecular complexity index is 312. The van der Waals surface area contributed by atoms with Crippen LogP contribution >= 0.6 is 0 Å². The van der Waals surface area contributed by atoms with Crippen molar-refractivity contribution in [3.8, 4) is 0 Å². The third-order valence-corrected chi connectivity index (χ3v) is 2.22. The normalized spacial score (nSPS) is 10.8. The van der Waals surface area contributed by atoms with Crippen molar-refractivity contribution in [2.75, 3.05) is 0 Å². The first-order valence-corrected chi connectivity index (χ1v) is 5.74. The summed E-state index contributed by atoms with van der Waals surface area (Å²) in [6.45, 7) is 2.18. The number of allylic oxidation sites excluding steroid dienone is 1. The smallest absolute Gasteiger partial charge is 0.379 e. The highest BCUT2D eigenvalue weighted by molar-refractivity contribution is 5.86. The van der Waals surface area contributed by atoms with Crippen molar-refractivity contribution in [3.63, 3.8) is 0 Å². The molecule has 0 fully saturated rings. The Balaban J connectivity index is 2.10. The number of hydrogen-bond donors (Lipinski definition) is 0. The van der Waals surface area contributed by atoms with Crippen molar-refractivity contribution in [1.29, 1.82) is 0 Å². The molecule has 0 aliphatic carbocycles. The Kier molecular flexibility index (Phi) is 6.07. The molecule has 3 nitrogen and oxygen atoms in total. The van der Waals surface area contributed by atoms with Crippen molar-refractivity contribution in [1.82, 2.24) is 0 Å². The molecule has 0 saturated carbocycles. The average Bonchev–Trinajstić information content (AvgIpc) is 2.81. The summed E-state index contributed by atoms with van der Waals surface area (Å²) < 4.78 is 9.78. The highest BCUT2D eigenvalue weighted by atomic mass is 16.5. The Hall–Kier alpha value is -1.51. The lowest BCUT2D eigenvalue weighted by Crippen LogP contribution is -1.97. The summed E-state index contributed by atoms with van der Waals surface area (Å²) >= 11 is 0. The minimum absolute atomic E-state index is 0.232. The first-order chi connectivity index (χ1) is 7.84. The monoisotopic (exact) mass is 222 g/mol. The summed E-state index contributed by atoms with van der Waals surface area (Å²) in [6, 6.07) is 3.24. The van der Waals surface area contributed by atoms with Gasteiger partial charge in [-0.2, -0.15) is 0 Å². The van der Waals surface area contributed by atoms with Gasteiger partial charge in [0.05, 0.1) is 12.5 Å². The van der Waals surface area contributed by atoms with E-state index in [-0.39, 0.29) is 5.76 Å². The molecule has 3 heteroatoms. The van der Waals surface area contributed by atoms with Crippen LogP contribution in [0.25, 0.3) is 0 Å². The van der Waals surface area contributed by atoms with Crippen molar-refractivity contribution in [2.24, 2.45) is 0 Å². The molecule has 1 rings (SSSR count). The predicted octanol–water partition coefficient (Wildman–Crippen LogP) is 3.92. The van der Waals surface area contributed by atoms with Gasteiger partial charge in [0.25, 0.3) is 0 Å². The van der Waals surface area contributed by atoms with E-state index in [0.717, 1.165) is 12.8 Å². The molecule has 0 aliphatic heterocycles. The quantitative estimate of drug-likeness (QED) is 0.399. The second-order valence-electron chi connectivity index (χ2n) is 3.60. The average molecular weight is 222 g/mol. The van der Waals surface area contributed by atoms with Crippen LogP contribution in [0.3, 0.4) is 0 Å². The maximum absolute atomic E-state index is 11.3. The summed E-state index contributed by atoms with van der Waals surface area (Å²) in [5.41, 5.74) is 0. The number of hydrogen-bond acceptors (Lipinski definition) is 3. The lowest BCUT2D eigenvalue weighted by molar-refractivity contribution is 0.0627. The van der Waals surface area contributed by atoms with Gasteiger partial charge >= 0.3 is 5.97 Å². The number of esters is 1. The Morgan fingerprint density at radius 3 is 3.00 bits per heavy atom. The predicted molar refractivity (Wildman–Crippen MR) is 62.0 cm³/mol. The van der Waals surface area contributed by atoms with Gasteiger partial charge < -0.3 is 9.15 Å². The maximum Gasteiger partial charge on any atom is 0.379 e. The number of rotatable bonds is 7. The lowest BCUT2D eigenvalue weighted by atomic mass is 10.1. The van der Waals surface area contributed by atoms with Gasteiger partial charge in [-0.1, -0.05) is 26.2 Å². The SMILES string of the molecule is CCCCCC/C=C/OC(=O)c1ccco1. The van der Waals surface area contributed by atoms with Crippen LogP contribution in [0.5, 0.6) is 0 Å². The molecule has 0 unspecified atom stereocenters. The van der Waals surface area contributed by atoms with Gasteiger partial charge in [-0.15, -0.1) is 0 Å². The molecule has 88 valence electrons. The Morgan fingerprint density at radius 2 is 2.31 bits per heavy atom. The topological polar surface area (TPSA) is 39.4 Å². The maximum atomic E-state index is 11.3. The highest BCUT2D eigenvalue weighted by Gasteiger charge is 2.07. The Labute approximate surface area is 96.1 Å². The molecule has 0 spiro atoms. The third kappa shape index (κ3) is 4.82. The minimum Gasteiger partial charge on any atom is -0.457 e. The molecule has 0 bridgehead atoms. The van der Waals surface area contributed by atoms with E-state index in [4.69, 9.17) is 9.15 Å². The Morgan fingerprint density at radius 1 is 1.44 bits per heavy atom. The van der Waals surface area contributed by atoms with E-state index in [9.17, 15) is 4.79 Å². The highest BCUT2D eigenvalue weighted by Crippen LogP contribution is 2.05. The molecule has 0 radical (unpaired) electrons. The van der Waals surface area contributed by atoms with E-state index >= 15 is 0 Å². The largest absolute Gasteiger partial charge is 0.457 e. The summed E-state index contributed by atoms with van der Waals surface area (Å²) in [5.74, 6) is -0.217. The van der Waals surface area contributed by atoms with Gasteiger partial charge in [0.15, 0.2) is 0 Å². The van der Waals surface area contributed by atoms with Gasteiger partial charge in [0.2, 0.25) is 5.76 Å². The summed E-state index contributed by atoms with van der Waals surface area (Å²) in [4.78, 5) is 11.3. The van der Waals surface area contributed by atoms with E-state index in [1.54, 1.807) is 12.1 Å². The first kappa shape index (κ1) is 12.6. The fourth-order valence-electron chi connectivity index (χ4n) is 1.32. The van der Waals surface area contributed by atoms with Crippen LogP contribution in [0.15, 0.2) is 35.2 Å². The molecule has 1 heterocycles. The van der Waals surface area contributed by atoms with Gasteiger partial charge in [0.1, 0.15) is 0 Å². The van der Waals surface area contributed by atoms with Gasteiger partial charge in [-0.25, -0.2) is 4.79 Å². The molecule has 16 heavy (non-hydrogen) atoms. The van der Waals surface area contributed by atoms with Crippen molar-refractivity contribution < 1.29 is 13.9 Å². The van der Waals surface area contributed by atoms with Gasteiger partial charge in [-0.05, 0) is 31.1 Å². The second-order valence-corrected chi connectivity index (χ2v) is 3.60. The molecular weight excluding hydrogens is 204 g/mol. The van der Waals surface area contributed by atoms with Gasteiger partial charge in [-0.3, -0.25) is 0 Å². The van der Waals surface area contributed by atoms with Crippen LogP contribution in [0.1, 0.15) is 49.6 Å². The number of ether oxygens (including phenoxy) is 1. The summed E-state index contributed by atoms with van der Waals surface area (Å²) in [5, 5.41) is 0. The van der Waals surface area contributed by atoms with Crippen molar-refractivity contribution in [2.45, 2.75) is 39.0 Å². The number of carbonyl (C=O) groups is 1. The van der Waals surface area contributed by atoms with Crippen molar-refractivity contribution in [3.05, 3.63) is 36.5 Å². The zero-order chi connectivity index (χ0) is 11.6. The standard InChI is InChI=1S/C13H18O3/c1-2-3-4-5-6-7-10-16-13(14)12-9-8-11-15-12/h7-11H,2-6H2,1H3/b10-7+.